The Balaban J connectivity index is 2.14. The second-order valence-electron chi connectivity index (χ2n) is 8.17. The van der Waals surface area contributed by atoms with E-state index in [1.165, 1.54) is 22.5 Å². The van der Waals surface area contributed by atoms with Crippen LogP contribution in [0.25, 0.3) is 11.1 Å². The molecule has 1 N–H and O–H groups in total. The van der Waals surface area contributed by atoms with Gasteiger partial charge in [-0.25, -0.2) is 12.8 Å². The minimum atomic E-state index is -3.87. The SMILES string of the molecule is C[C@H](CO)N1C[C@H](C)[C@H](CN(C)C)Oc2cc(-c3ccc(F)cc3)ccc2S1(=O)=O. The lowest BCUT2D eigenvalue weighted by Crippen LogP contribution is -2.49. The Bertz CT molecular complexity index is 979. The van der Waals surface area contributed by atoms with Crippen LogP contribution in [0.2, 0.25) is 0 Å². The van der Waals surface area contributed by atoms with Crippen molar-refractivity contribution in [3.8, 4) is 16.9 Å². The fraction of sp³-hybridized carbons (Fsp3) is 0.455. The summed E-state index contributed by atoms with van der Waals surface area (Å²) in [6.07, 6.45) is -0.244. The van der Waals surface area contributed by atoms with E-state index < -0.39 is 16.1 Å². The number of halogens is 1. The summed E-state index contributed by atoms with van der Waals surface area (Å²) in [4.78, 5) is 2.07. The lowest BCUT2D eigenvalue weighted by molar-refractivity contribution is 0.0813. The van der Waals surface area contributed by atoms with Gasteiger partial charge in [-0.2, -0.15) is 4.31 Å². The van der Waals surface area contributed by atoms with Gasteiger partial charge in [0.15, 0.2) is 0 Å². The van der Waals surface area contributed by atoms with Gasteiger partial charge in [0.2, 0.25) is 10.0 Å². The molecule has 3 atom stereocenters. The maximum atomic E-state index is 13.4. The molecule has 6 nitrogen and oxygen atoms in total. The van der Waals surface area contributed by atoms with Crippen LogP contribution >= 0.6 is 0 Å². The summed E-state index contributed by atoms with van der Waals surface area (Å²) in [5.74, 6) is -0.165. The summed E-state index contributed by atoms with van der Waals surface area (Å²) < 4.78 is 47.8. The molecule has 2 aromatic rings. The standard InChI is InChI=1S/C22H29FN2O4S/c1-15-12-25(16(2)14-26)30(27,28)22-10-7-18(17-5-8-19(23)9-6-17)11-20(22)29-21(15)13-24(3)4/h5-11,15-16,21,26H,12-14H2,1-4H3/t15-,16+,21-/m0/s1. The molecule has 1 heterocycles. The quantitative estimate of drug-likeness (QED) is 0.781. The Labute approximate surface area is 177 Å². The van der Waals surface area contributed by atoms with Gasteiger partial charge < -0.3 is 14.7 Å². The molecule has 0 spiro atoms. The number of nitrogens with zero attached hydrogens (tertiary/aromatic N) is 2. The Morgan fingerprint density at radius 2 is 1.83 bits per heavy atom. The van der Waals surface area contributed by atoms with Crippen LogP contribution in [0.15, 0.2) is 47.4 Å². The third-order valence-electron chi connectivity index (χ3n) is 5.39. The molecule has 0 aliphatic carbocycles. The zero-order valence-electron chi connectivity index (χ0n) is 17.7. The van der Waals surface area contributed by atoms with E-state index in [0.29, 0.717) is 6.54 Å². The van der Waals surface area contributed by atoms with E-state index in [4.69, 9.17) is 4.74 Å². The van der Waals surface area contributed by atoms with Gasteiger partial charge in [0.1, 0.15) is 22.6 Å². The van der Waals surface area contributed by atoms with Crippen molar-refractivity contribution in [1.29, 1.82) is 0 Å². The van der Waals surface area contributed by atoms with Crippen molar-refractivity contribution in [2.24, 2.45) is 5.92 Å². The van der Waals surface area contributed by atoms with Crippen molar-refractivity contribution in [3.05, 3.63) is 48.3 Å². The first-order valence-electron chi connectivity index (χ1n) is 9.97. The Kier molecular flexibility index (Phi) is 6.81. The fourth-order valence-electron chi connectivity index (χ4n) is 3.63. The first-order valence-corrected chi connectivity index (χ1v) is 11.4. The number of fused-ring (bicyclic) bond motifs is 1. The number of hydrogen-bond acceptors (Lipinski definition) is 5. The van der Waals surface area contributed by atoms with Crippen molar-refractivity contribution in [3.63, 3.8) is 0 Å². The zero-order valence-corrected chi connectivity index (χ0v) is 18.6. The predicted octanol–water partition coefficient (Wildman–Crippen LogP) is 2.82. The lowest BCUT2D eigenvalue weighted by atomic mass is 10.0. The number of aliphatic hydroxyl groups excluding tert-OH is 1. The van der Waals surface area contributed by atoms with Crippen LogP contribution < -0.4 is 4.74 Å². The van der Waals surface area contributed by atoms with Crippen LogP contribution in [0.5, 0.6) is 5.75 Å². The maximum Gasteiger partial charge on any atom is 0.247 e. The Morgan fingerprint density at radius 1 is 1.20 bits per heavy atom. The molecule has 8 heteroatoms. The van der Waals surface area contributed by atoms with Gasteiger partial charge in [0.05, 0.1) is 6.61 Å². The summed E-state index contributed by atoms with van der Waals surface area (Å²) in [6.45, 7) is 4.24. The normalized spacial score (nSPS) is 22.6. The van der Waals surface area contributed by atoms with Crippen LogP contribution in [-0.4, -0.2) is 68.7 Å². The number of hydrogen-bond donors (Lipinski definition) is 1. The fourth-order valence-corrected chi connectivity index (χ4v) is 5.45. The van der Waals surface area contributed by atoms with Gasteiger partial charge in [0, 0.05) is 25.0 Å². The van der Waals surface area contributed by atoms with Crippen molar-refractivity contribution in [1.82, 2.24) is 9.21 Å². The van der Waals surface area contributed by atoms with Crippen molar-refractivity contribution in [2.45, 2.75) is 30.9 Å². The van der Waals surface area contributed by atoms with Crippen LogP contribution in [0.1, 0.15) is 13.8 Å². The van der Waals surface area contributed by atoms with Crippen LogP contribution in [-0.2, 0) is 10.0 Å². The molecule has 164 valence electrons. The zero-order chi connectivity index (χ0) is 22.1. The highest BCUT2D eigenvalue weighted by molar-refractivity contribution is 7.89. The van der Waals surface area contributed by atoms with Crippen LogP contribution in [0.3, 0.4) is 0 Å². The molecule has 0 amide bonds. The average molecular weight is 437 g/mol. The predicted molar refractivity (Wildman–Crippen MR) is 114 cm³/mol. The first-order chi connectivity index (χ1) is 14.1. The monoisotopic (exact) mass is 436 g/mol. The second kappa shape index (κ2) is 9.01. The molecule has 0 aromatic heterocycles. The largest absolute Gasteiger partial charge is 0.487 e. The maximum absolute atomic E-state index is 13.4. The van der Waals surface area contributed by atoms with Crippen molar-refractivity contribution < 1.29 is 22.7 Å². The third-order valence-corrected chi connectivity index (χ3v) is 7.41. The lowest BCUT2D eigenvalue weighted by Gasteiger charge is -2.37. The molecule has 2 aromatic carbocycles. The molecule has 0 bridgehead atoms. The smallest absolute Gasteiger partial charge is 0.247 e. The third kappa shape index (κ3) is 4.67. The highest BCUT2D eigenvalue weighted by Gasteiger charge is 2.37. The summed E-state index contributed by atoms with van der Waals surface area (Å²) in [7, 11) is 0.0103. The van der Waals surface area contributed by atoms with Gasteiger partial charge in [-0.15, -0.1) is 0 Å². The number of benzene rings is 2. The van der Waals surface area contributed by atoms with E-state index >= 15 is 0 Å². The number of aliphatic hydroxyl groups is 1. The van der Waals surface area contributed by atoms with E-state index in [1.54, 1.807) is 31.2 Å². The van der Waals surface area contributed by atoms with E-state index in [-0.39, 0.29) is 41.6 Å². The molecule has 3 rings (SSSR count). The van der Waals surface area contributed by atoms with Crippen molar-refractivity contribution in [2.75, 3.05) is 33.8 Å². The van der Waals surface area contributed by atoms with Crippen molar-refractivity contribution >= 4 is 10.0 Å². The second-order valence-corrected chi connectivity index (χ2v) is 10.0. The number of ether oxygens (including phenoxy) is 1. The van der Waals surface area contributed by atoms with Crippen LogP contribution in [0.4, 0.5) is 4.39 Å². The minimum Gasteiger partial charge on any atom is -0.487 e. The topological polar surface area (TPSA) is 70.1 Å². The van der Waals surface area contributed by atoms with Gasteiger partial charge in [-0.1, -0.05) is 25.1 Å². The summed E-state index contributed by atoms with van der Waals surface area (Å²) >= 11 is 0. The minimum absolute atomic E-state index is 0.0734. The molecule has 1 aliphatic rings. The summed E-state index contributed by atoms with van der Waals surface area (Å²) in [6, 6.07) is 10.4. The number of sulfonamides is 1. The Hall–Kier alpha value is -2.00. The van der Waals surface area contributed by atoms with Gasteiger partial charge in [0.25, 0.3) is 0 Å². The highest BCUT2D eigenvalue weighted by Crippen LogP contribution is 2.36. The summed E-state index contributed by atoms with van der Waals surface area (Å²) in [5.41, 5.74) is 1.50. The molecule has 30 heavy (non-hydrogen) atoms. The van der Waals surface area contributed by atoms with Crippen LogP contribution in [0, 0.1) is 11.7 Å². The molecule has 1 aliphatic heterocycles. The van der Waals surface area contributed by atoms with E-state index in [0.717, 1.165) is 11.1 Å². The van der Waals surface area contributed by atoms with Gasteiger partial charge in [-0.05, 0) is 56.4 Å². The molecular weight excluding hydrogens is 407 g/mol. The molecule has 0 radical (unpaired) electrons. The molecule has 0 fully saturated rings. The van der Waals surface area contributed by atoms with E-state index in [9.17, 15) is 17.9 Å². The van der Waals surface area contributed by atoms with E-state index in [2.05, 4.69) is 0 Å². The summed E-state index contributed by atoms with van der Waals surface area (Å²) in [5, 5.41) is 9.67. The van der Waals surface area contributed by atoms with E-state index in [1.807, 2.05) is 25.9 Å². The Morgan fingerprint density at radius 3 is 2.43 bits per heavy atom. The highest BCUT2D eigenvalue weighted by atomic mass is 32.2. The average Bonchev–Trinajstić information content (AvgIpc) is 2.70. The molecule has 0 saturated carbocycles. The van der Waals surface area contributed by atoms with Gasteiger partial charge in [-0.3, -0.25) is 0 Å². The number of likely N-dealkylation sites (N-methyl/N-ethyl adjacent to an activating group) is 1. The van der Waals surface area contributed by atoms with Gasteiger partial charge >= 0.3 is 0 Å². The number of rotatable bonds is 5. The molecular formula is C22H29FN2O4S. The molecule has 0 saturated heterocycles. The first kappa shape index (κ1) is 22.7. The molecule has 0 unspecified atom stereocenters.